The summed E-state index contributed by atoms with van der Waals surface area (Å²) >= 11 is 0. The average Bonchev–Trinajstić information content (AvgIpc) is 2.14. The highest BCUT2D eigenvalue weighted by atomic mass is 16.5. The zero-order valence-electron chi connectivity index (χ0n) is 3.81. The number of carbonyl (C=O) groups excluding carboxylic acids is 1. The van der Waals surface area contributed by atoms with Crippen LogP contribution in [-0.2, 0) is 9.53 Å². The highest BCUT2D eigenvalue weighted by Gasteiger charge is 2.06. The van der Waals surface area contributed by atoms with Gasteiger partial charge in [-0.2, -0.15) is 0 Å². The summed E-state index contributed by atoms with van der Waals surface area (Å²) in [6.45, 7) is 2.09. The fraction of sp³-hybridized carbons (Fsp3) is 0.400. The lowest BCUT2D eigenvalue weighted by Crippen LogP contribution is -1.70. The van der Waals surface area contributed by atoms with Crippen molar-refractivity contribution < 1.29 is 9.53 Å². The molecule has 0 amide bonds. The molecule has 0 N–H and O–H groups in total. The van der Waals surface area contributed by atoms with Crippen LogP contribution in [0.3, 0.4) is 0 Å². The summed E-state index contributed by atoms with van der Waals surface area (Å²) in [6.07, 6.45) is 0.726. The third-order valence-corrected chi connectivity index (χ3v) is 0.846. The molecule has 1 rings (SSSR count). The zero-order valence-corrected chi connectivity index (χ0v) is 3.81. The number of hydrogen-bond donors (Lipinski definition) is 0. The van der Waals surface area contributed by atoms with Gasteiger partial charge in [0.1, 0.15) is 12.5 Å². The van der Waals surface area contributed by atoms with Crippen molar-refractivity contribution in [2.24, 2.45) is 0 Å². The second kappa shape index (κ2) is 1.92. The van der Waals surface area contributed by atoms with E-state index in [1.54, 1.807) is 5.94 Å². The molecule has 0 aromatic heterocycles. The smallest absolute Gasteiger partial charge is 0.126 e. The van der Waals surface area contributed by atoms with E-state index in [4.69, 9.17) is 4.74 Å². The SMILES string of the molecule is O=C=C1[CH]OCC1. The van der Waals surface area contributed by atoms with Crippen LogP contribution >= 0.6 is 0 Å². The maximum Gasteiger partial charge on any atom is 0.126 e. The van der Waals surface area contributed by atoms with E-state index in [9.17, 15) is 4.79 Å². The molecule has 1 fully saturated rings. The first-order valence-electron chi connectivity index (χ1n) is 2.12. The average molecular weight is 97.1 g/mol. The Bertz CT molecular complexity index is 103. The first-order valence-corrected chi connectivity index (χ1v) is 2.12. The van der Waals surface area contributed by atoms with Gasteiger partial charge in [-0.25, -0.2) is 4.79 Å². The molecule has 0 aliphatic carbocycles. The first kappa shape index (κ1) is 4.57. The zero-order chi connectivity index (χ0) is 5.11. The van der Waals surface area contributed by atoms with Gasteiger partial charge in [0.2, 0.25) is 0 Å². The van der Waals surface area contributed by atoms with Gasteiger partial charge in [0.25, 0.3) is 0 Å². The number of hydrogen-bond acceptors (Lipinski definition) is 2. The Kier molecular flexibility index (Phi) is 1.25. The van der Waals surface area contributed by atoms with E-state index in [2.05, 4.69) is 0 Å². The van der Waals surface area contributed by atoms with E-state index >= 15 is 0 Å². The summed E-state index contributed by atoms with van der Waals surface area (Å²) < 4.78 is 4.72. The van der Waals surface area contributed by atoms with Crippen molar-refractivity contribution in [1.29, 1.82) is 0 Å². The van der Waals surface area contributed by atoms with E-state index < -0.39 is 0 Å². The van der Waals surface area contributed by atoms with Crippen molar-refractivity contribution in [3.63, 3.8) is 0 Å². The Balaban J connectivity index is 2.57. The molecule has 0 bridgehead atoms. The fourth-order valence-corrected chi connectivity index (χ4v) is 0.462. The molecule has 2 heteroatoms. The maximum atomic E-state index is 9.73. The summed E-state index contributed by atoms with van der Waals surface area (Å²) in [7, 11) is 0. The van der Waals surface area contributed by atoms with Crippen LogP contribution < -0.4 is 0 Å². The van der Waals surface area contributed by atoms with Crippen LogP contribution in [0.1, 0.15) is 6.42 Å². The topological polar surface area (TPSA) is 26.3 Å². The van der Waals surface area contributed by atoms with E-state index in [1.807, 2.05) is 0 Å². The third kappa shape index (κ3) is 0.889. The molecular formula is C5H5O2. The molecule has 37 valence electrons. The van der Waals surface area contributed by atoms with Gasteiger partial charge in [-0.1, -0.05) is 0 Å². The van der Waals surface area contributed by atoms with E-state index in [-0.39, 0.29) is 0 Å². The van der Waals surface area contributed by atoms with Crippen molar-refractivity contribution in [2.45, 2.75) is 6.42 Å². The second-order valence-electron chi connectivity index (χ2n) is 1.37. The van der Waals surface area contributed by atoms with Crippen LogP contribution in [0.5, 0.6) is 0 Å². The van der Waals surface area contributed by atoms with Crippen molar-refractivity contribution in [2.75, 3.05) is 6.61 Å². The monoisotopic (exact) mass is 97.0 g/mol. The number of rotatable bonds is 0. The van der Waals surface area contributed by atoms with Crippen molar-refractivity contribution in [3.8, 4) is 0 Å². The van der Waals surface area contributed by atoms with Gasteiger partial charge in [0.05, 0.1) is 6.61 Å². The number of ether oxygens (including phenoxy) is 1. The standard InChI is InChI=1S/C5H5O2/c6-3-5-1-2-7-4-5/h4H,1-2H2. The molecule has 1 heterocycles. The fourth-order valence-electron chi connectivity index (χ4n) is 0.462. The maximum absolute atomic E-state index is 9.73. The lowest BCUT2D eigenvalue weighted by molar-refractivity contribution is 0.257. The summed E-state index contributed by atoms with van der Waals surface area (Å²) in [5.41, 5.74) is 0.639. The van der Waals surface area contributed by atoms with E-state index in [1.165, 1.54) is 6.61 Å². The highest BCUT2D eigenvalue weighted by Crippen LogP contribution is 2.10. The first-order chi connectivity index (χ1) is 3.43. The van der Waals surface area contributed by atoms with Gasteiger partial charge in [0.15, 0.2) is 0 Å². The molecule has 1 aliphatic rings. The van der Waals surface area contributed by atoms with Crippen LogP contribution in [-0.4, -0.2) is 12.5 Å². The molecule has 1 saturated heterocycles. The minimum Gasteiger partial charge on any atom is -0.370 e. The van der Waals surface area contributed by atoms with Gasteiger partial charge in [-0.15, -0.1) is 0 Å². The largest absolute Gasteiger partial charge is 0.370 e. The lowest BCUT2D eigenvalue weighted by atomic mass is 10.3. The predicted molar refractivity (Wildman–Crippen MR) is 24.1 cm³/mol. The molecule has 0 saturated carbocycles. The van der Waals surface area contributed by atoms with Crippen molar-refractivity contribution in [1.82, 2.24) is 0 Å². The Labute approximate surface area is 41.8 Å². The van der Waals surface area contributed by atoms with Crippen LogP contribution in [0, 0.1) is 6.61 Å². The molecular weight excluding hydrogens is 92.1 g/mol. The summed E-state index contributed by atoms with van der Waals surface area (Å²) in [6, 6.07) is 0. The van der Waals surface area contributed by atoms with Gasteiger partial charge in [-0.05, 0) is 0 Å². The summed E-state index contributed by atoms with van der Waals surface area (Å²) in [5.74, 6) is 1.75. The van der Waals surface area contributed by atoms with Crippen molar-refractivity contribution in [3.05, 3.63) is 12.2 Å². The Morgan fingerprint density at radius 1 is 1.86 bits per heavy atom. The minimum absolute atomic E-state index is 0.639. The second-order valence-corrected chi connectivity index (χ2v) is 1.37. The Hall–Kier alpha value is -0.590. The van der Waals surface area contributed by atoms with Gasteiger partial charge < -0.3 is 4.74 Å². The molecule has 7 heavy (non-hydrogen) atoms. The van der Waals surface area contributed by atoms with E-state index in [0.29, 0.717) is 12.2 Å². The Morgan fingerprint density at radius 2 is 2.71 bits per heavy atom. The highest BCUT2D eigenvalue weighted by molar-refractivity contribution is 5.55. The van der Waals surface area contributed by atoms with Crippen LogP contribution in [0.4, 0.5) is 0 Å². The van der Waals surface area contributed by atoms with E-state index in [0.717, 1.165) is 6.42 Å². The molecule has 0 atom stereocenters. The van der Waals surface area contributed by atoms with Crippen LogP contribution in [0.2, 0.25) is 0 Å². The molecule has 2 nitrogen and oxygen atoms in total. The molecule has 0 spiro atoms. The molecule has 1 aliphatic heterocycles. The van der Waals surface area contributed by atoms with Crippen LogP contribution in [0.25, 0.3) is 0 Å². The quantitative estimate of drug-likeness (QED) is 0.407. The summed E-state index contributed by atoms with van der Waals surface area (Å²) in [4.78, 5) is 9.73. The third-order valence-electron chi connectivity index (χ3n) is 0.846. The minimum atomic E-state index is 0.639. The van der Waals surface area contributed by atoms with Crippen LogP contribution in [0.15, 0.2) is 5.57 Å². The molecule has 0 aromatic carbocycles. The lowest BCUT2D eigenvalue weighted by Gasteiger charge is -1.76. The predicted octanol–water partition coefficient (Wildman–Crippen LogP) is 0.326. The van der Waals surface area contributed by atoms with Gasteiger partial charge in [0, 0.05) is 12.0 Å². The Morgan fingerprint density at radius 3 is 3.00 bits per heavy atom. The van der Waals surface area contributed by atoms with Crippen molar-refractivity contribution >= 4 is 5.94 Å². The molecule has 1 radical (unpaired) electrons. The van der Waals surface area contributed by atoms with Gasteiger partial charge >= 0.3 is 0 Å². The molecule has 0 aromatic rings. The van der Waals surface area contributed by atoms with Gasteiger partial charge in [-0.3, -0.25) is 0 Å². The normalized spacial score (nSPS) is 19.7. The molecule has 0 unspecified atom stereocenters. The summed E-state index contributed by atoms with van der Waals surface area (Å²) in [5, 5.41) is 0.